The van der Waals surface area contributed by atoms with Crippen molar-refractivity contribution in [3.63, 3.8) is 0 Å². The van der Waals surface area contributed by atoms with E-state index in [9.17, 15) is 19.2 Å². The van der Waals surface area contributed by atoms with Gasteiger partial charge in [-0.3, -0.25) is 19.1 Å². The van der Waals surface area contributed by atoms with Crippen LogP contribution in [0.4, 0.5) is 15.9 Å². The number of benzene rings is 1. The third-order valence-corrected chi connectivity index (χ3v) is 8.20. The fourth-order valence-electron chi connectivity index (χ4n) is 4.64. The molecular formula is C26H28FN5O2S2. The summed E-state index contributed by atoms with van der Waals surface area (Å²) in [7, 11) is 1.64. The Balaban J connectivity index is 1.75. The van der Waals surface area contributed by atoms with E-state index in [2.05, 4.69) is 4.90 Å². The van der Waals surface area contributed by atoms with Crippen molar-refractivity contribution in [2.45, 2.75) is 33.2 Å². The van der Waals surface area contributed by atoms with E-state index in [1.165, 1.54) is 22.4 Å². The number of thioether (sulfide) groups is 1. The van der Waals surface area contributed by atoms with Crippen LogP contribution < -0.4 is 15.4 Å². The Labute approximate surface area is 219 Å². The van der Waals surface area contributed by atoms with Crippen LogP contribution >= 0.6 is 24.0 Å². The summed E-state index contributed by atoms with van der Waals surface area (Å²) in [5, 5.41) is 9.70. The molecule has 7 nitrogen and oxygen atoms in total. The molecule has 10 heteroatoms. The van der Waals surface area contributed by atoms with E-state index in [1.807, 2.05) is 30.9 Å². The first-order chi connectivity index (χ1) is 17.2. The van der Waals surface area contributed by atoms with Crippen LogP contribution in [-0.2, 0) is 11.8 Å². The number of hydrogen-bond acceptors (Lipinski definition) is 7. The average Bonchev–Trinajstić information content (AvgIpc) is 3.15. The van der Waals surface area contributed by atoms with Crippen LogP contribution in [0, 0.1) is 24.1 Å². The third-order valence-electron chi connectivity index (χ3n) is 6.87. The van der Waals surface area contributed by atoms with Crippen LogP contribution in [0.15, 0.2) is 34.0 Å². The molecule has 0 spiro atoms. The number of carbonyl (C=O) groups is 1. The van der Waals surface area contributed by atoms with Gasteiger partial charge in [-0.2, -0.15) is 5.26 Å². The minimum atomic E-state index is -0.383. The maximum absolute atomic E-state index is 14.3. The monoisotopic (exact) mass is 525 g/mol. The van der Waals surface area contributed by atoms with Crippen LogP contribution in [0.1, 0.15) is 37.0 Å². The molecule has 3 heterocycles. The molecule has 2 aliphatic heterocycles. The number of piperazine rings is 1. The minimum Gasteiger partial charge on any atom is -0.366 e. The molecule has 0 bridgehead atoms. The van der Waals surface area contributed by atoms with Crippen molar-refractivity contribution in [2.75, 3.05) is 36.0 Å². The van der Waals surface area contributed by atoms with Gasteiger partial charge in [-0.25, -0.2) is 4.39 Å². The number of nitrogens with zero attached hydrogens (tertiary/aromatic N) is 5. The number of anilines is 2. The zero-order valence-electron chi connectivity index (χ0n) is 20.7. The Kier molecular flexibility index (Phi) is 7.52. The van der Waals surface area contributed by atoms with Crippen LogP contribution in [-0.4, -0.2) is 51.9 Å². The molecule has 1 atom stereocenters. The number of para-hydroxylation sites is 1. The number of nitriles is 1. The summed E-state index contributed by atoms with van der Waals surface area (Å²) in [6, 6.07) is 8.70. The SMILES string of the molecule is CCC(C)N1C(=O)/C(=C/c2c(C)c(C#N)c(=O)n(C)c2N2CCN(c3ccccc3F)CC2)SC1=S. The van der Waals surface area contributed by atoms with Crippen molar-refractivity contribution in [2.24, 2.45) is 7.05 Å². The minimum absolute atomic E-state index is 0.0229. The maximum atomic E-state index is 14.3. The molecule has 0 saturated carbocycles. The topological polar surface area (TPSA) is 72.6 Å². The van der Waals surface area contributed by atoms with E-state index >= 15 is 0 Å². The standard InChI is InChI=1S/C26H28FN5O2S2/c1-5-16(2)32-25(34)22(36-26(32)35)14-18-17(3)19(15-28)24(33)29(4)23(18)31-12-10-30(11-13-31)21-9-7-6-8-20(21)27/h6-9,14,16H,5,10-13H2,1-4H3/b22-14-. The van der Waals surface area contributed by atoms with Crippen molar-refractivity contribution >= 4 is 51.8 Å². The van der Waals surface area contributed by atoms with E-state index in [1.54, 1.807) is 37.1 Å². The summed E-state index contributed by atoms with van der Waals surface area (Å²) < 4.78 is 16.3. The van der Waals surface area contributed by atoms with Crippen molar-refractivity contribution in [1.29, 1.82) is 5.26 Å². The number of pyridine rings is 1. The number of hydrogen-bond donors (Lipinski definition) is 0. The Morgan fingerprint density at radius 2 is 1.83 bits per heavy atom. The highest BCUT2D eigenvalue weighted by atomic mass is 32.2. The number of amides is 1. The van der Waals surface area contributed by atoms with Gasteiger partial charge in [0.15, 0.2) is 0 Å². The molecule has 0 aliphatic carbocycles. The zero-order chi connectivity index (χ0) is 26.1. The first-order valence-corrected chi connectivity index (χ1v) is 13.1. The van der Waals surface area contributed by atoms with Gasteiger partial charge in [-0.1, -0.05) is 43.0 Å². The van der Waals surface area contributed by atoms with Gasteiger partial charge in [-0.05, 0) is 44.0 Å². The predicted molar refractivity (Wildman–Crippen MR) is 147 cm³/mol. The molecule has 2 aromatic rings. The van der Waals surface area contributed by atoms with Crippen molar-refractivity contribution in [1.82, 2.24) is 9.47 Å². The summed E-state index contributed by atoms with van der Waals surface area (Å²) in [5.41, 5.74) is 1.40. The van der Waals surface area contributed by atoms with Gasteiger partial charge in [-0.15, -0.1) is 0 Å². The highest BCUT2D eigenvalue weighted by molar-refractivity contribution is 8.26. The maximum Gasteiger partial charge on any atom is 0.270 e. The fourth-order valence-corrected chi connectivity index (χ4v) is 6.08. The van der Waals surface area contributed by atoms with Gasteiger partial charge in [0.2, 0.25) is 0 Å². The van der Waals surface area contributed by atoms with Gasteiger partial charge in [0.1, 0.15) is 27.6 Å². The molecule has 1 aromatic heterocycles. The average molecular weight is 526 g/mol. The van der Waals surface area contributed by atoms with Gasteiger partial charge < -0.3 is 9.80 Å². The molecule has 2 fully saturated rings. The molecule has 188 valence electrons. The number of halogens is 1. The van der Waals surface area contributed by atoms with E-state index in [-0.39, 0.29) is 28.9 Å². The Morgan fingerprint density at radius 3 is 2.44 bits per heavy atom. The van der Waals surface area contributed by atoms with Crippen LogP contribution in [0.5, 0.6) is 0 Å². The molecule has 1 unspecified atom stereocenters. The lowest BCUT2D eigenvalue weighted by Crippen LogP contribution is -2.48. The second kappa shape index (κ2) is 10.4. The lowest BCUT2D eigenvalue weighted by molar-refractivity contribution is -0.123. The van der Waals surface area contributed by atoms with E-state index in [4.69, 9.17) is 12.2 Å². The molecular weight excluding hydrogens is 497 g/mol. The van der Waals surface area contributed by atoms with Gasteiger partial charge in [0, 0.05) is 44.8 Å². The summed E-state index contributed by atoms with van der Waals surface area (Å²) in [6.07, 6.45) is 2.53. The number of carbonyl (C=O) groups excluding carboxylic acids is 1. The molecule has 1 amide bonds. The normalized spacial score (nSPS) is 18.2. The highest BCUT2D eigenvalue weighted by Gasteiger charge is 2.35. The predicted octanol–water partition coefficient (Wildman–Crippen LogP) is 4.03. The molecule has 1 aromatic carbocycles. The first kappa shape index (κ1) is 25.9. The van der Waals surface area contributed by atoms with Crippen LogP contribution in [0.3, 0.4) is 0 Å². The van der Waals surface area contributed by atoms with E-state index in [0.717, 1.165) is 6.42 Å². The molecule has 2 aliphatic rings. The summed E-state index contributed by atoms with van der Waals surface area (Å²) >= 11 is 6.72. The quantitative estimate of drug-likeness (QED) is 0.431. The van der Waals surface area contributed by atoms with Crippen molar-refractivity contribution in [3.05, 3.63) is 62.0 Å². The first-order valence-electron chi connectivity index (χ1n) is 11.8. The molecule has 0 radical (unpaired) electrons. The molecule has 36 heavy (non-hydrogen) atoms. The summed E-state index contributed by atoms with van der Waals surface area (Å²) in [6.45, 7) is 7.90. The van der Waals surface area contributed by atoms with Gasteiger partial charge in [0.25, 0.3) is 11.5 Å². The summed E-state index contributed by atoms with van der Waals surface area (Å²) in [5.74, 6) is 0.205. The number of rotatable bonds is 5. The van der Waals surface area contributed by atoms with Crippen LogP contribution in [0.2, 0.25) is 0 Å². The molecule has 0 N–H and O–H groups in total. The lowest BCUT2D eigenvalue weighted by Gasteiger charge is -2.38. The van der Waals surface area contributed by atoms with E-state index in [0.29, 0.717) is 58.0 Å². The fraction of sp³-hybridized carbons (Fsp3) is 0.385. The summed E-state index contributed by atoms with van der Waals surface area (Å²) in [4.78, 5) is 32.4. The number of thiocarbonyl (C=S) groups is 1. The Hall–Kier alpha value is -3.16. The zero-order valence-corrected chi connectivity index (χ0v) is 22.4. The highest BCUT2D eigenvalue weighted by Crippen LogP contribution is 2.37. The van der Waals surface area contributed by atoms with Crippen LogP contribution in [0.25, 0.3) is 6.08 Å². The Bertz CT molecular complexity index is 1360. The van der Waals surface area contributed by atoms with Gasteiger partial charge in [0.05, 0.1) is 10.6 Å². The lowest BCUT2D eigenvalue weighted by atomic mass is 10.0. The largest absolute Gasteiger partial charge is 0.366 e. The van der Waals surface area contributed by atoms with Crippen molar-refractivity contribution < 1.29 is 9.18 Å². The second-order valence-electron chi connectivity index (χ2n) is 8.95. The molecule has 2 saturated heterocycles. The number of aromatic nitrogens is 1. The second-order valence-corrected chi connectivity index (χ2v) is 10.6. The van der Waals surface area contributed by atoms with E-state index < -0.39 is 0 Å². The third kappa shape index (κ3) is 4.53. The Morgan fingerprint density at radius 1 is 1.19 bits per heavy atom. The van der Waals surface area contributed by atoms with Crippen molar-refractivity contribution in [3.8, 4) is 6.07 Å². The van der Waals surface area contributed by atoms with Gasteiger partial charge >= 0.3 is 0 Å². The smallest absolute Gasteiger partial charge is 0.270 e. The molecule has 4 rings (SSSR count).